The van der Waals surface area contributed by atoms with Crippen molar-refractivity contribution >= 4 is 35.4 Å². The number of halogens is 1. The maximum atomic E-state index is 12.8. The van der Waals surface area contributed by atoms with E-state index in [2.05, 4.69) is 5.32 Å². The first-order valence-electron chi connectivity index (χ1n) is 10.4. The quantitative estimate of drug-likeness (QED) is 0.605. The molecule has 5 amide bonds. The molecule has 3 N–H and O–H groups in total. The van der Waals surface area contributed by atoms with Gasteiger partial charge in [0.15, 0.2) is 0 Å². The molecule has 1 unspecified atom stereocenters. The summed E-state index contributed by atoms with van der Waals surface area (Å²) in [6, 6.07) is 5.79. The number of carbonyl (C=O) groups excluding carboxylic acids is 4. The Balaban J connectivity index is 1.62. The van der Waals surface area contributed by atoms with Gasteiger partial charge in [-0.2, -0.15) is 0 Å². The topological polar surface area (TPSA) is 116 Å². The molecule has 0 aromatic heterocycles. The van der Waals surface area contributed by atoms with Crippen LogP contribution in [0.3, 0.4) is 0 Å². The van der Waals surface area contributed by atoms with Crippen molar-refractivity contribution in [3.8, 4) is 0 Å². The average molecular weight is 450 g/mol. The molecule has 2 heterocycles. The van der Waals surface area contributed by atoms with E-state index in [0.717, 1.165) is 10.5 Å². The van der Waals surface area contributed by atoms with Crippen LogP contribution in [0.4, 0.5) is 4.79 Å². The molecule has 2 aliphatic rings. The predicted octanol–water partition coefficient (Wildman–Crippen LogP) is 1.12. The van der Waals surface area contributed by atoms with E-state index in [9.17, 15) is 19.2 Å². The first-order chi connectivity index (χ1) is 14.7. The molecule has 1 atom stereocenters. The molecule has 9 nitrogen and oxygen atoms in total. The number of benzene rings is 1. The van der Waals surface area contributed by atoms with Gasteiger partial charge in [0.25, 0.3) is 5.91 Å². The smallest absolute Gasteiger partial charge is 0.325 e. The third-order valence-electron chi connectivity index (χ3n) is 6.23. The maximum absolute atomic E-state index is 12.8. The fraction of sp³-hybridized carbons (Fsp3) is 0.524. The van der Waals surface area contributed by atoms with Gasteiger partial charge < -0.3 is 16.0 Å². The molecule has 31 heavy (non-hydrogen) atoms. The molecule has 0 aliphatic carbocycles. The number of urea groups is 1. The normalized spacial score (nSPS) is 20.0. The molecule has 2 aliphatic heterocycles. The SMILES string of the molecule is CCC1(CC)NC(=O)N(CC(=O)N2CCN(C(C(N)=O)c3ccc(Cl)cc3)CC2)C1=O. The van der Waals surface area contributed by atoms with Crippen molar-refractivity contribution < 1.29 is 19.2 Å². The highest BCUT2D eigenvalue weighted by atomic mass is 35.5. The van der Waals surface area contributed by atoms with Gasteiger partial charge in [0, 0.05) is 31.2 Å². The molecule has 3 rings (SSSR count). The number of hydrogen-bond acceptors (Lipinski definition) is 5. The zero-order valence-corrected chi connectivity index (χ0v) is 18.5. The second-order valence-electron chi connectivity index (χ2n) is 7.88. The Hall–Kier alpha value is -2.65. The number of nitrogens with two attached hydrogens (primary N) is 1. The van der Waals surface area contributed by atoms with Gasteiger partial charge in [0.2, 0.25) is 11.8 Å². The lowest BCUT2D eigenvalue weighted by atomic mass is 9.93. The second-order valence-corrected chi connectivity index (χ2v) is 8.32. The molecule has 1 aromatic carbocycles. The number of piperazine rings is 1. The van der Waals surface area contributed by atoms with Crippen molar-refractivity contribution in [3.05, 3.63) is 34.9 Å². The molecule has 10 heteroatoms. The van der Waals surface area contributed by atoms with Crippen LogP contribution in [0.15, 0.2) is 24.3 Å². The molecule has 2 saturated heterocycles. The van der Waals surface area contributed by atoms with Gasteiger partial charge in [0.1, 0.15) is 18.1 Å². The number of nitrogens with zero attached hydrogens (tertiary/aromatic N) is 3. The summed E-state index contributed by atoms with van der Waals surface area (Å²) in [6.45, 7) is 5.00. The average Bonchev–Trinajstić information content (AvgIpc) is 3.00. The van der Waals surface area contributed by atoms with E-state index in [1.54, 1.807) is 29.2 Å². The highest BCUT2D eigenvalue weighted by molar-refractivity contribution is 6.30. The highest BCUT2D eigenvalue weighted by Gasteiger charge is 2.49. The Morgan fingerprint density at radius 3 is 2.16 bits per heavy atom. The van der Waals surface area contributed by atoms with Gasteiger partial charge in [-0.25, -0.2) is 4.79 Å². The minimum atomic E-state index is -0.927. The van der Waals surface area contributed by atoms with E-state index in [1.807, 2.05) is 18.7 Å². The lowest BCUT2D eigenvalue weighted by Crippen LogP contribution is -2.54. The van der Waals surface area contributed by atoms with Gasteiger partial charge in [0.05, 0.1) is 0 Å². The molecule has 1 aromatic rings. The fourth-order valence-corrected chi connectivity index (χ4v) is 4.34. The first-order valence-corrected chi connectivity index (χ1v) is 10.8. The molecular formula is C21H28ClN5O4. The minimum Gasteiger partial charge on any atom is -0.368 e. The molecule has 2 fully saturated rings. The molecule has 168 valence electrons. The van der Waals surface area contributed by atoms with E-state index >= 15 is 0 Å². The van der Waals surface area contributed by atoms with Crippen LogP contribution in [0.2, 0.25) is 5.02 Å². The van der Waals surface area contributed by atoms with Crippen LogP contribution in [-0.2, 0) is 14.4 Å². The molecule has 0 spiro atoms. The van der Waals surface area contributed by atoms with E-state index in [1.165, 1.54) is 0 Å². The Morgan fingerprint density at radius 1 is 1.10 bits per heavy atom. The van der Waals surface area contributed by atoms with Crippen molar-refractivity contribution in [2.24, 2.45) is 5.73 Å². The summed E-state index contributed by atoms with van der Waals surface area (Å²) in [5, 5.41) is 3.30. The van der Waals surface area contributed by atoms with Gasteiger partial charge in [-0.3, -0.25) is 24.2 Å². The van der Waals surface area contributed by atoms with E-state index in [-0.39, 0.29) is 18.4 Å². The number of primary amides is 1. The van der Waals surface area contributed by atoms with Gasteiger partial charge in [-0.15, -0.1) is 0 Å². The van der Waals surface area contributed by atoms with Crippen molar-refractivity contribution in [3.63, 3.8) is 0 Å². The van der Waals surface area contributed by atoms with Gasteiger partial charge in [-0.1, -0.05) is 37.6 Å². The third kappa shape index (κ3) is 4.52. The van der Waals surface area contributed by atoms with Crippen LogP contribution in [0.5, 0.6) is 0 Å². The van der Waals surface area contributed by atoms with Gasteiger partial charge in [-0.05, 0) is 30.5 Å². The van der Waals surface area contributed by atoms with Gasteiger partial charge >= 0.3 is 6.03 Å². The summed E-state index contributed by atoms with van der Waals surface area (Å²) in [5.74, 6) is -1.13. The minimum absolute atomic E-state index is 0.289. The van der Waals surface area contributed by atoms with Crippen LogP contribution in [0, 0.1) is 0 Å². The van der Waals surface area contributed by atoms with Crippen LogP contribution in [0.1, 0.15) is 38.3 Å². The zero-order chi connectivity index (χ0) is 22.8. The van der Waals surface area contributed by atoms with E-state index in [4.69, 9.17) is 17.3 Å². The summed E-state index contributed by atoms with van der Waals surface area (Å²) < 4.78 is 0. The van der Waals surface area contributed by atoms with E-state index < -0.39 is 23.5 Å². The van der Waals surface area contributed by atoms with Crippen LogP contribution < -0.4 is 11.1 Å². The molecular weight excluding hydrogens is 422 g/mol. The monoisotopic (exact) mass is 449 g/mol. The lowest BCUT2D eigenvalue weighted by Gasteiger charge is -2.38. The number of rotatable bonds is 7. The summed E-state index contributed by atoms with van der Waals surface area (Å²) in [6.07, 6.45) is 0.938. The van der Waals surface area contributed by atoms with Crippen molar-refractivity contribution in [2.75, 3.05) is 32.7 Å². The number of hydrogen-bond donors (Lipinski definition) is 2. The second kappa shape index (κ2) is 9.23. The van der Waals surface area contributed by atoms with Crippen LogP contribution in [-0.4, -0.2) is 76.7 Å². The van der Waals surface area contributed by atoms with Crippen LogP contribution in [0.25, 0.3) is 0 Å². The summed E-state index contributed by atoms with van der Waals surface area (Å²) in [5.41, 5.74) is 5.46. The van der Waals surface area contributed by atoms with Crippen LogP contribution >= 0.6 is 11.6 Å². The summed E-state index contributed by atoms with van der Waals surface area (Å²) in [7, 11) is 0. The largest absolute Gasteiger partial charge is 0.368 e. The number of amides is 5. The number of imide groups is 1. The zero-order valence-electron chi connectivity index (χ0n) is 17.8. The van der Waals surface area contributed by atoms with Crippen molar-refractivity contribution in [1.82, 2.24) is 20.0 Å². The first kappa shape index (κ1) is 23.0. The Labute approximate surface area is 186 Å². The fourth-order valence-electron chi connectivity index (χ4n) is 4.21. The Bertz CT molecular complexity index is 863. The standard InChI is InChI=1S/C21H28ClN5O4/c1-3-21(4-2)19(30)27(20(31)24-21)13-16(28)25-9-11-26(12-10-25)17(18(23)29)14-5-7-15(22)8-6-14/h5-8,17H,3-4,9-13H2,1-2H3,(H2,23,29)(H,24,31). The lowest BCUT2D eigenvalue weighted by molar-refractivity contribution is -0.140. The van der Waals surface area contributed by atoms with Crippen molar-refractivity contribution in [2.45, 2.75) is 38.3 Å². The molecule has 0 saturated carbocycles. The number of nitrogens with one attached hydrogen (secondary N) is 1. The summed E-state index contributed by atoms with van der Waals surface area (Å²) >= 11 is 5.93. The Morgan fingerprint density at radius 2 is 1.68 bits per heavy atom. The highest BCUT2D eigenvalue weighted by Crippen LogP contribution is 2.26. The molecule has 0 bridgehead atoms. The number of carbonyl (C=O) groups is 4. The predicted molar refractivity (Wildman–Crippen MR) is 115 cm³/mol. The molecule has 0 radical (unpaired) electrons. The summed E-state index contributed by atoms with van der Waals surface area (Å²) in [4.78, 5) is 54.4. The maximum Gasteiger partial charge on any atom is 0.325 e. The third-order valence-corrected chi connectivity index (χ3v) is 6.49. The van der Waals surface area contributed by atoms with Crippen molar-refractivity contribution in [1.29, 1.82) is 0 Å². The van der Waals surface area contributed by atoms with E-state index in [0.29, 0.717) is 44.0 Å². The Kier molecular flexibility index (Phi) is 6.86.